The van der Waals surface area contributed by atoms with Gasteiger partial charge in [0.2, 0.25) is 5.82 Å². The SMILES string of the molecule is CC#Cc1cccc2cc([C@H](C)Nc3nccc(N)c3-c3nnn(C)n3)n(-c3ccccc3)c(=O)c12.CC#Cc1cccc2cc([C@H](C)Nc3nccc(N)c3C3=NC(C)N=N3)n(-c3ccccc3)c(=O)c12.CC#Cc1cccc2nc([C@H](C)Nc3nccc(N)c3-c3nc(C)no3)n(C3CC3)c(=O)c12. The average molecular weight is 1390 g/mol. The quantitative estimate of drug-likeness (QED) is 0.0519. The van der Waals surface area contributed by atoms with Gasteiger partial charge in [-0.2, -0.15) is 14.9 Å². The molecule has 0 amide bonds. The van der Waals surface area contributed by atoms with Crippen LogP contribution in [0.1, 0.15) is 131 Å². The summed E-state index contributed by atoms with van der Waals surface area (Å²) in [5, 5.41) is 38.0. The Labute approximate surface area is 602 Å². The molecule has 0 bridgehead atoms. The van der Waals surface area contributed by atoms with E-state index in [9.17, 15) is 14.4 Å². The number of nitrogen functional groups attached to an aromatic ring is 3. The topological polar surface area (TPSA) is 351 Å². The highest BCUT2D eigenvalue weighted by Gasteiger charge is 2.32. The van der Waals surface area contributed by atoms with Crippen LogP contribution in [0, 0.1) is 42.4 Å². The fourth-order valence-electron chi connectivity index (χ4n) is 12.6. The van der Waals surface area contributed by atoms with Crippen molar-refractivity contribution in [1.82, 2.24) is 64.0 Å². The Kier molecular flexibility index (Phi) is 19.9. The number of aliphatic imine (C=N–C) groups is 1. The van der Waals surface area contributed by atoms with Crippen LogP contribution < -0.4 is 49.8 Å². The zero-order chi connectivity index (χ0) is 73.6. The largest absolute Gasteiger partial charge is 0.398 e. The summed E-state index contributed by atoms with van der Waals surface area (Å²) in [7, 11) is 1.68. The minimum absolute atomic E-state index is 0.0715. The Morgan fingerprint density at radius 1 is 0.562 bits per heavy atom. The molecule has 0 radical (unpaired) electrons. The predicted molar refractivity (Wildman–Crippen MR) is 410 cm³/mol. The molecule has 1 saturated carbocycles. The number of azo groups is 1. The van der Waals surface area contributed by atoms with Gasteiger partial charge in [0.15, 0.2) is 17.8 Å². The molecular weight excluding hydrogens is 1320 g/mol. The van der Waals surface area contributed by atoms with Crippen molar-refractivity contribution in [2.24, 2.45) is 22.3 Å². The van der Waals surface area contributed by atoms with Gasteiger partial charge in [0.05, 0.1) is 58.0 Å². The number of aromatic nitrogens is 13. The molecule has 15 rings (SSSR count). The van der Waals surface area contributed by atoms with Crippen LogP contribution in [0.15, 0.2) is 198 Å². The summed E-state index contributed by atoms with van der Waals surface area (Å²) in [6, 6.07) is 44.3. The van der Waals surface area contributed by atoms with E-state index in [4.69, 9.17) is 26.7 Å². The molecule has 8 aromatic heterocycles. The van der Waals surface area contributed by atoms with Crippen molar-refractivity contribution in [2.45, 2.75) is 98.6 Å². The summed E-state index contributed by atoms with van der Waals surface area (Å²) in [5.74, 6) is 21.6. The van der Waals surface area contributed by atoms with E-state index in [-0.39, 0.29) is 52.9 Å². The first-order valence-corrected chi connectivity index (χ1v) is 33.8. The summed E-state index contributed by atoms with van der Waals surface area (Å²) in [6.45, 7) is 14.8. The smallest absolute Gasteiger partial charge is 0.264 e. The minimum atomic E-state index is -0.347. The third-order valence-electron chi connectivity index (χ3n) is 17.4. The van der Waals surface area contributed by atoms with Crippen LogP contribution in [-0.2, 0) is 7.05 Å². The Balaban J connectivity index is 0.000000140. The standard InChI is InChI=1S/C28H25N7O.C27H24N8O.C24H23N7O2/c1-4-9-19-10-8-11-20-16-23(35(28(36)24(19)20)21-12-6-5-7-13-21)17(2)31-26-25(22(29)14-15-30-26)27-32-18(3)33-34-27;1-4-9-18-10-8-11-19-16-22(35(27(36)23(18)19)20-12-6-5-7-13-20)17(2)30-25-24(21(28)14-15-29-25)26-31-33-34(3)32-26;1-4-6-15-7-5-8-18-19(15)24(32)31(16-9-10-16)22(29-18)13(2)27-21-20(17(25)11-12-26-21)23-28-14(3)30-33-23/h5-8,10-18H,1-3H3,(H3,29,30,31);5-8,10-17H,1-3H3,(H3,28,29,30);5,7-8,11-13,16H,9-10H2,1-3H3,(H3,25,26,27)/t17-,18?;17-;13-/m000/s1. The molecule has 4 atom stereocenters. The number of hydrogen-bond donors (Lipinski definition) is 6. The number of rotatable bonds is 15. The molecule has 105 heavy (non-hydrogen) atoms. The fraction of sp³-hybridized carbons (Fsp3) is 0.203. The summed E-state index contributed by atoms with van der Waals surface area (Å²) in [4.78, 5) is 70.0. The first-order chi connectivity index (χ1) is 50.9. The summed E-state index contributed by atoms with van der Waals surface area (Å²) in [6.07, 6.45) is 6.47. The van der Waals surface area contributed by atoms with Gasteiger partial charge in [-0.05, 0) is 163 Å². The van der Waals surface area contributed by atoms with Crippen molar-refractivity contribution in [3.05, 3.63) is 241 Å². The molecule has 1 unspecified atom stereocenters. The van der Waals surface area contributed by atoms with Crippen molar-refractivity contribution in [2.75, 3.05) is 33.2 Å². The highest BCUT2D eigenvalue weighted by Crippen LogP contribution is 2.39. The van der Waals surface area contributed by atoms with Crippen LogP contribution in [0.25, 0.3) is 66.7 Å². The lowest BCUT2D eigenvalue weighted by Gasteiger charge is -2.22. The van der Waals surface area contributed by atoms with Crippen molar-refractivity contribution in [1.29, 1.82) is 0 Å². The Morgan fingerprint density at radius 2 is 1.05 bits per heavy atom. The van der Waals surface area contributed by atoms with Gasteiger partial charge in [0.1, 0.15) is 28.8 Å². The van der Waals surface area contributed by atoms with Crippen LogP contribution in [-0.4, -0.2) is 76.0 Å². The molecule has 9 heterocycles. The second kappa shape index (κ2) is 30.1. The van der Waals surface area contributed by atoms with Crippen molar-refractivity contribution >= 4 is 72.8 Å². The molecule has 0 saturated heterocycles. The van der Waals surface area contributed by atoms with Crippen molar-refractivity contribution in [3.8, 4) is 69.7 Å². The zero-order valence-electron chi connectivity index (χ0n) is 58.9. The highest BCUT2D eigenvalue weighted by molar-refractivity contribution is 6.08. The van der Waals surface area contributed by atoms with E-state index < -0.39 is 0 Å². The normalized spacial score (nSPS) is 13.6. The lowest BCUT2D eigenvalue weighted by molar-refractivity contribution is 0.426. The molecule has 1 aliphatic carbocycles. The zero-order valence-corrected chi connectivity index (χ0v) is 58.9. The highest BCUT2D eigenvalue weighted by atomic mass is 16.5. The molecule has 0 spiro atoms. The van der Waals surface area contributed by atoms with E-state index in [1.54, 1.807) is 85.2 Å². The van der Waals surface area contributed by atoms with Gasteiger partial charge in [-0.25, -0.2) is 24.9 Å². The minimum Gasteiger partial charge on any atom is -0.398 e. The van der Waals surface area contributed by atoms with Crippen LogP contribution in [0.5, 0.6) is 0 Å². The van der Waals surface area contributed by atoms with E-state index in [1.165, 1.54) is 4.80 Å². The molecule has 26 heteroatoms. The summed E-state index contributed by atoms with van der Waals surface area (Å²) in [5.41, 5.74) is 27.3. The number of tetrazole rings is 1. The molecule has 26 nitrogen and oxygen atoms in total. The Bertz CT molecular complexity index is 5980. The maximum atomic E-state index is 14.0. The summed E-state index contributed by atoms with van der Waals surface area (Å²) >= 11 is 0. The lowest BCUT2D eigenvalue weighted by Crippen LogP contribution is -2.28. The molecule has 13 aromatic rings. The molecule has 522 valence electrons. The predicted octanol–water partition coefficient (Wildman–Crippen LogP) is 12.4. The van der Waals surface area contributed by atoms with E-state index in [1.807, 2.05) is 155 Å². The maximum absolute atomic E-state index is 14.0. The average Bonchev–Trinajstić information content (AvgIpc) is 1.45. The molecule has 1 fully saturated rings. The number of benzene rings is 5. The number of para-hydroxylation sites is 2. The van der Waals surface area contributed by atoms with E-state index in [0.29, 0.717) is 113 Å². The number of aryl methyl sites for hydroxylation is 2. The van der Waals surface area contributed by atoms with Gasteiger partial charge in [-0.15, -0.1) is 33.1 Å². The van der Waals surface area contributed by atoms with Crippen LogP contribution >= 0.6 is 0 Å². The van der Waals surface area contributed by atoms with Crippen LogP contribution in [0.2, 0.25) is 0 Å². The second-order valence-corrected chi connectivity index (χ2v) is 24.8. The van der Waals surface area contributed by atoms with E-state index in [0.717, 1.165) is 46.4 Å². The number of amidine groups is 1. The first kappa shape index (κ1) is 69.5. The van der Waals surface area contributed by atoms with Crippen molar-refractivity contribution in [3.63, 3.8) is 0 Å². The second-order valence-electron chi connectivity index (χ2n) is 24.8. The number of nitrogens with two attached hydrogens (primary N) is 3. The van der Waals surface area contributed by atoms with Gasteiger partial charge in [0, 0.05) is 81.1 Å². The van der Waals surface area contributed by atoms with Gasteiger partial charge >= 0.3 is 0 Å². The van der Waals surface area contributed by atoms with E-state index >= 15 is 0 Å². The number of hydrogen-bond acceptors (Lipinski definition) is 22. The van der Waals surface area contributed by atoms with Crippen molar-refractivity contribution < 1.29 is 4.52 Å². The number of fused-ring (bicyclic) bond motifs is 3. The lowest BCUT2D eigenvalue weighted by atomic mass is 10.0. The third-order valence-corrected chi connectivity index (χ3v) is 17.4. The molecular formula is C79H72N22O4. The number of pyridine rings is 5. The third kappa shape index (κ3) is 14.3. The van der Waals surface area contributed by atoms with Gasteiger partial charge in [-0.1, -0.05) is 89.6 Å². The number of anilines is 6. The van der Waals surface area contributed by atoms with Crippen LogP contribution in [0.4, 0.5) is 34.5 Å². The first-order valence-electron chi connectivity index (χ1n) is 33.8. The Morgan fingerprint density at radius 3 is 1.52 bits per heavy atom. The monoisotopic (exact) mass is 1390 g/mol. The van der Waals surface area contributed by atoms with Gasteiger partial charge < -0.3 is 37.7 Å². The molecule has 5 aromatic carbocycles. The number of nitrogens with one attached hydrogen (secondary N) is 3. The van der Waals surface area contributed by atoms with Gasteiger partial charge in [0.25, 0.3) is 22.6 Å². The molecule has 1 aliphatic heterocycles. The van der Waals surface area contributed by atoms with E-state index in [2.05, 4.69) is 107 Å². The fourth-order valence-corrected chi connectivity index (χ4v) is 12.6. The molecule has 9 N–H and O–H groups in total. The van der Waals surface area contributed by atoms with Crippen LogP contribution in [0.3, 0.4) is 0 Å². The van der Waals surface area contributed by atoms with Gasteiger partial charge in [-0.3, -0.25) is 28.1 Å². The maximum Gasteiger partial charge on any atom is 0.264 e. The number of nitrogens with zero attached hydrogens (tertiary/aromatic N) is 16. The molecule has 2 aliphatic rings. The summed E-state index contributed by atoms with van der Waals surface area (Å²) < 4.78 is 10.6. The Hall–Kier alpha value is -13.9.